The molecule has 2 aromatic carbocycles. The van der Waals surface area contributed by atoms with Crippen LogP contribution in [0, 0.1) is 30.4 Å². The minimum Gasteiger partial charge on any atom is -0.497 e. The first-order chi connectivity index (χ1) is 18.2. The second kappa shape index (κ2) is 10.9. The molecule has 6 nitrogen and oxygen atoms in total. The summed E-state index contributed by atoms with van der Waals surface area (Å²) in [5.74, 6) is -1.94. The number of methoxy groups -OCH3 is 1. The number of carbonyl (C=O) groups is 1. The quantitative estimate of drug-likeness (QED) is 0.399. The number of hydrogen-bond donors (Lipinski definition) is 2. The lowest BCUT2D eigenvalue weighted by atomic mass is 9.72. The number of aryl methyl sites for hydroxylation is 1. The van der Waals surface area contributed by atoms with Gasteiger partial charge in [-0.05, 0) is 99.4 Å². The molecule has 1 saturated carbocycles. The molecule has 1 saturated heterocycles. The van der Waals surface area contributed by atoms with Gasteiger partial charge in [-0.1, -0.05) is 6.07 Å². The number of halogens is 2. The molecule has 1 aromatic heterocycles. The van der Waals surface area contributed by atoms with E-state index in [0.717, 1.165) is 28.7 Å². The third kappa shape index (κ3) is 5.24. The van der Waals surface area contributed by atoms with E-state index in [-0.39, 0.29) is 23.4 Å². The van der Waals surface area contributed by atoms with Crippen LogP contribution in [0.2, 0.25) is 0 Å². The van der Waals surface area contributed by atoms with Crippen molar-refractivity contribution in [1.82, 2.24) is 9.88 Å². The lowest BCUT2D eigenvalue weighted by Gasteiger charge is -2.47. The van der Waals surface area contributed by atoms with Crippen LogP contribution in [-0.4, -0.2) is 52.3 Å². The van der Waals surface area contributed by atoms with Gasteiger partial charge in [0, 0.05) is 29.2 Å². The van der Waals surface area contributed by atoms with Gasteiger partial charge in [0.25, 0.3) is 0 Å². The highest BCUT2D eigenvalue weighted by Crippen LogP contribution is 2.44. The molecule has 3 atom stereocenters. The SMILES string of the molecule is COc1ccc2nc(C)cc(C(O)CC[C@@H]3CCN(C4CC(c5c(F)cccc5F)C4)C[C@@H]3C(=O)O)c2c1. The minimum absolute atomic E-state index is 0.0537. The number of carboxylic acid groups (broad SMARTS) is 1. The highest BCUT2D eigenvalue weighted by molar-refractivity contribution is 5.84. The number of aliphatic hydroxyl groups is 1. The monoisotopic (exact) mass is 524 g/mol. The van der Waals surface area contributed by atoms with Gasteiger partial charge >= 0.3 is 5.97 Å². The Kier molecular flexibility index (Phi) is 7.63. The smallest absolute Gasteiger partial charge is 0.308 e. The number of aromatic nitrogens is 1. The number of likely N-dealkylation sites (tertiary alicyclic amines) is 1. The number of ether oxygens (including phenoxy) is 1. The fourth-order valence-electron chi connectivity index (χ4n) is 6.30. The van der Waals surface area contributed by atoms with Gasteiger partial charge in [0.1, 0.15) is 17.4 Å². The van der Waals surface area contributed by atoms with Crippen LogP contribution in [0.1, 0.15) is 60.9 Å². The highest BCUT2D eigenvalue weighted by Gasteiger charge is 2.42. The molecule has 0 radical (unpaired) electrons. The summed E-state index contributed by atoms with van der Waals surface area (Å²) in [5, 5.41) is 22.0. The lowest BCUT2D eigenvalue weighted by Crippen LogP contribution is -2.52. The molecule has 0 bridgehead atoms. The van der Waals surface area contributed by atoms with Crippen molar-refractivity contribution < 1.29 is 28.5 Å². The van der Waals surface area contributed by atoms with Crippen LogP contribution in [0.5, 0.6) is 5.75 Å². The number of nitrogens with zero attached hydrogens (tertiary/aromatic N) is 2. The average Bonchev–Trinajstić information content (AvgIpc) is 2.87. The van der Waals surface area contributed by atoms with E-state index in [1.54, 1.807) is 7.11 Å². The van der Waals surface area contributed by atoms with Crippen LogP contribution in [0.4, 0.5) is 8.78 Å². The zero-order valence-electron chi connectivity index (χ0n) is 21.7. The highest BCUT2D eigenvalue weighted by atomic mass is 19.1. The predicted octanol–water partition coefficient (Wildman–Crippen LogP) is 5.61. The van der Waals surface area contributed by atoms with Crippen LogP contribution in [0.15, 0.2) is 42.5 Å². The Bertz CT molecular complexity index is 1310. The Labute approximate surface area is 221 Å². The normalized spacial score (nSPS) is 24.7. The van der Waals surface area contributed by atoms with E-state index in [4.69, 9.17) is 4.74 Å². The number of fused-ring (bicyclic) bond motifs is 1. The van der Waals surface area contributed by atoms with Gasteiger partial charge in [-0.3, -0.25) is 14.7 Å². The Morgan fingerprint density at radius 1 is 1.18 bits per heavy atom. The number of piperidine rings is 1. The molecular weight excluding hydrogens is 490 g/mol. The maximum atomic E-state index is 14.2. The summed E-state index contributed by atoms with van der Waals surface area (Å²) >= 11 is 0. The number of pyridine rings is 1. The zero-order chi connectivity index (χ0) is 27.0. The molecule has 2 N–H and O–H groups in total. The van der Waals surface area contributed by atoms with Crippen molar-refractivity contribution in [3.63, 3.8) is 0 Å². The average molecular weight is 525 g/mol. The first kappa shape index (κ1) is 26.5. The van der Waals surface area contributed by atoms with Crippen molar-refractivity contribution in [1.29, 1.82) is 0 Å². The van der Waals surface area contributed by atoms with Crippen molar-refractivity contribution >= 4 is 16.9 Å². The van der Waals surface area contributed by atoms with E-state index in [2.05, 4.69) is 9.88 Å². The predicted molar refractivity (Wildman–Crippen MR) is 140 cm³/mol. The lowest BCUT2D eigenvalue weighted by molar-refractivity contribution is -0.147. The first-order valence-corrected chi connectivity index (χ1v) is 13.3. The van der Waals surface area contributed by atoms with Crippen molar-refractivity contribution in [3.8, 4) is 5.75 Å². The first-order valence-electron chi connectivity index (χ1n) is 13.3. The van der Waals surface area contributed by atoms with E-state index >= 15 is 0 Å². The molecule has 0 amide bonds. The Balaban J connectivity index is 1.22. The van der Waals surface area contributed by atoms with Crippen molar-refractivity contribution in [2.24, 2.45) is 11.8 Å². The third-order valence-electron chi connectivity index (χ3n) is 8.49. The summed E-state index contributed by atoms with van der Waals surface area (Å²) in [6.45, 7) is 3.06. The van der Waals surface area contributed by atoms with E-state index in [1.807, 2.05) is 31.2 Å². The molecule has 2 aliphatic rings. The Morgan fingerprint density at radius 3 is 2.61 bits per heavy atom. The fraction of sp³-hybridized carbons (Fsp3) is 0.467. The molecule has 3 aromatic rings. The number of hydrogen-bond acceptors (Lipinski definition) is 5. The summed E-state index contributed by atoms with van der Waals surface area (Å²) in [5.41, 5.74) is 2.52. The van der Waals surface area contributed by atoms with E-state index < -0.39 is 29.6 Å². The second-order valence-corrected chi connectivity index (χ2v) is 10.8. The maximum Gasteiger partial charge on any atom is 0.308 e. The number of rotatable bonds is 8. The van der Waals surface area contributed by atoms with E-state index in [1.165, 1.54) is 18.2 Å². The molecule has 2 heterocycles. The number of carboxylic acids is 1. The van der Waals surface area contributed by atoms with Crippen molar-refractivity contribution in [2.45, 2.75) is 57.1 Å². The summed E-state index contributed by atoms with van der Waals surface area (Å²) in [7, 11) is 1.60. The maximum absolute atomic E-state index is 14.2. The van der Waals surface area contributed by atoms with Gasteiger partial charge in [0.05, 0.1) is 24.6 Å². The van der Waals surface area contributed by atoms with Gasteiger partial charge < -0.3 is 14.9 Å². The Hall–Kier alpha value is -3.10. The number of aliphatic hydroxyl groups excluding tert-OH is 1. The topological polar surface area (TPSA) is 82.9 Å². The molecule has 1 unspecified atom stereocenters. The van der Waals surface area contributed by atoms with Crippen LogP contribution in [0.3, 0.4) is 0 Å². The van der Waals surface area contributed by atoms with Crippen molar-refractivity contribution in [3.05, 3.63) is 70.9 Å². The summed E-state index contributed by atoms with van der Waals surface area (Å²) in [6.07, 6.45) is 2.26. The molecule has 38 heavy (non-hydrogen) atoms. The Morgan fingerprint density at radius 2 is 1.92 bits per heavy atom. The largest absolute Gasteiger partial charge is 0.497 e. The fourth-order valence-corrected chi connectivity index (χ4v) is 6.30. The molecule has 1 aliphatic carbocycles. The molecule has 0 spiro atoms. The van der Waals surface area contributed by atoms with Crippen LogP contribution < -0.4 is 4.74 Å². The molecule has 5 rings (SSSR count). The van der Waals surface area contributed by atoms with Crippen LogP contribution in [0.25, 0.3) is 10.9 Å². The van der Waals surface area contributed by atoms with E-state index in [9.17, 15) is 23.8 Å². The molecule has 8 heteroatoms. The number of aliphatic carboxylic acids is 1. The summed E-state index contributed by atoms with van der Waals surface area (Å²) in [4.78, 5) is 18.9. The third-order valence-corrected chi connectivity index (χ3v) is 8.49. The van der Waals surface area contributed by atoms with Gasteiger partial charge in [-0.15, -0.1) is 0 Å². The van der Waals surface area contributed by atoms with Crippen molar-refractivity contribution in [2.75, 3.05) is 20.2 Å². The molecule has 1 aliphatic heterocycles. The molecular formula is C30H34F2N2O4. The molecule has 202 valence electrons. The van der Waals surface area contributed by atoms with Gasteiger partial charge in [-0.25, -0.2) is 8.78 Å². The van der Waals surface area contributed by atoms with Gasteiger partial charge in [-0.2, -0.15) is 0 Å². The van der Waals surface area contributed by atoms with Crippen LogP contribution >= 0.6 is 0 Å². The van der Waals surface area contributed by atoms with E-state index in [0.29, 0.717) is 44.4 Å². The second-order valence-electron chi connectivity index (χ2n) is 10.8. The number of benzene rings is 2. The van der Waals surface area contributed by atoms with Gasteiger partial charge in [0.2, 0.25) is 0 Å². The standard InChI is InChI=1S/C30H34F2N2O4/c1-17-12-23(22-15-21(38-2)7-8-27(22)33-17)28(35)9-6-18-10-11-34(16-24(18)30(36)37)20-13-19(14-20)29-25(31)4-3-5-26(29)32/h3-5,7-8,12,15,18-20,24,28,35H,6,9-11,13-14,16H2,1-2H3,(H,36,37)/t18-,19?,20?,24+,28?/m1/s1. The molecule has 2 fully saturated rings. The zero-order valence-corrected chi connectivity index (χ0v) is 21.7. The van der Waals surface area contributed by atoms with Gasteiger partial charge in [0.15, 0.2) is 0 Å². The van der Waals surface area contributed by atoms with Crippen LogP contribution in [-0.2, 0) is 4.79 Å². The summed E-state index contributed by atoms with van der Waals surface area (Å²) < 4.78 is 33.7. The minimum atomic E-state index is -0.833. The summed E-state index contributed by atoms with van der Waals surface area (Å²) in [6, 6.07) is 11.6.